The molecule has 1 heterocycles. The van der Waals surface area contributed by atoms with Crippen LogP contribution in [-0.4, -0.2) is 26.1 Å². The predicted octanol–water partition coefficient (Wildman–Crippen LogP) is 4.51. The molecule has 3 aliphatic carbocycles. The standard InChI is InChI=1S/C22H26NO4/c1-5-6-14-7-16-13-23(24)21(27-4)12-22-10-15(14)8-17(16)18(22)9-19(25-2)20(11-22)26-3/h5,9,11-15H,1,6-8,10H2,2-4H3/q+1. The SMILES string of the molecule is C=CCC1CC2=C[N+](=O)C(OC)=CC34C=C(OC)C(OC)=CC3=C2CC1C4. The van der Waals surface area contributed by atoms with E-state index in [4.69, 9.17) is 14.2 Å². The Kier molecular flexibility index (Phi) is 4.33. The molecule has 3 unspecified atom stereocenters. The molecule has 0 aromatic rings. The third-order valence-corrected chi connectivity index (χ3v) is 6.33. The number of rotatable bonds is 5. The highest BCUT2D eigenvalue weighted by Crippen LogP contribution is 2.58. The van der Waals surface area contributed by atoms with Crippen molar-refractivity contribution >= 4 is 0 Å². The largest absolute Gasteiger partial charge is 0.493 e. The zero-order valence-electron chi connectivity index (χ0n) is 16.2. The van der Waals surface area contributed by atoms with Gasteiger partial charge in [0.25, 0.3) is 0 Å². The third kappa shape index (κ3) is 2.68. The average molecular weight is 368 g/mol. The number of methoxy groups -OCH3 is 3. The van der Waals surface area contributed by atoms with Crippen LogP contribution in [0.25, 0.3) is 0 Å². The second-order valence-corrected chi connectivity index (χ2v) is 7.68. The monoisotopic (exact) mass is 368 g/mol. The number of nitrogens with zero attached hydrogens (tertiary/aromatic N) is 1. The molecule has 3 bridgehead atoms. The molecule has 0 aromatic carbocycles. The van der Waals surface area contributed by atoms with Gasteiger partial charge < -0.3 is 14.2 Å². The molecule has 0 spiro atoms. The van der Waals surface area contributed by atoms with E-state index in [0.29, 0.717) is 29.2 Å². The maximum Gasteiger partial charge on any atom is 0.419 e. The van der Waals surface area contributed by atoms with Gasteiger partial charge in [-0.1, -0.05) is 6.08 Å². The highest BCUT2D eigenvalue weighted by Gasteiger charge is 2.50. The number of nitroso groups, excluding NO2 is 1. The molecule has 4 aliphatic rings. The summed E-state index contributed by atoms with van der Waals surface area (Å²) in [5.41, 5.74) is 3.12. The second-order valence-electron chi connectivity index (χ2n) is 7.68. The topological polar surface area (TPSA) is 47.8 Å². The summed E-state index contributed by atoms with van der Waals surface area (Å²) >= 11 is 0. The van der Waals surface area contributed by atoms with Crippen LogP contribution >= 0.6 is 0 Å². The van der Waals surface area contributed by atoms with Gasteiger partial charge in [0, 0.05) is 22.0 Å². The van der Waals surface area contributed by atoms with Gasteiger partial charge in [0.15, 0.2) is 11.5 Å². The maximum absolute atomic E-state index is 12.7. The summed E-state index contributed by atoms with van der Waals surface area (Å²) in [5, 5.41) is 0. The smallest absolute Gasteiger partial charge is 0.419 e. The lowest BCUT2D eigenvalue weighted by atomic mass is 9.56. The van der Waals surface area contributed by atoms with E-state index in [9.17, 15) is 4.91 Å². The van der Waals surface area contributed by atoms with Crippen molar-refractivity contribution in [1.29, 1.82) is 0 Å². The van der Waals surface area contributed by atoms with Crippen LogP contribution < -0.4 is 0 Å². The third-order valence-electron chi connectivity index (χ3n) is 6.33. The van der Waals surface area contributed by atoms with E-state index in [1.807, 2.05) is 12.2 Å². The van der Waals surface area contributed by atoms with Crippen LogP contribution in [0.4, 0.5) is 0 Å². The maximum atomic E-state index is 12.7. The van der Waals surface area contributed by atoms with E-state index in [-0.39, 0.29) is 0 Å². The lowest BCUT2D eigenvalue weighted by Crippen LogP contribution is -2.39. The van der Waals surface area contributed by atoms with E-state index < -0.39 is 5.41 Å². The molecule has 0 aromatic heterocycles. The lowest BCUT2D eigenvalue weighted by Gasteiger charge is -2.47. The van der Waals surface area contributed by atoms with Crippen molar-refractivity contribution < 1.29 is 19.0 Å². The number of fused-ring (bicyclic) bond motifs is 1. The lowest BCUT2D eigenvalue weighted by molar-refractivity contribution is -0.462. The van der Waals surface area contributed by atoms with Crippen LogP contribution in [-0.2, 0) is 14.2 Å². The summed E-state index contributed by atoms with van der Waals surface area (Å²) in [6.07, 6.45) is 13.6. The predicted molar refractivity (Wildman–Crippen MR) is 102 cm³/mol. The molecule has 4 rings (SSSR count). The molecule has 0 saturated heterocycles. The zero-order valence-corrected chi connectivity index (χ0v) is 16.2. The molecular formula is C22H26NO4+. The van der Waals surface area contributed by atoms with E-state index in [0.717, 1.165) is 36.0 Å². The van der Waals surface area contributed by atoms with Crippen molar-refractivity contribution in [2.45, 2.75) is 25.7 Å². The van der Waals surface area contributed by atoms with Crippen molar-refractivity contribution in [3.63, 3.8) is 0 Å². The van der Waals surface area contributed by atoms with Crippen LogP contribution in [0.2, 0.25) is 0 Å². The summed E-state index contributed by atoms with van der Waals surface area (Å²) < 4.78 is 17.5. The van der Waals surface area contributed by atoms with E-state index in [1.54, 1.807) is 27.5 Å². The normalized spacial score (nSPS) is 31.6. The molecule has 27 heavy (non-hydrogen) atoms. The number of hydrogen-bond acceptors (Lipinski definition) is 4. The molecular weight excluding hydrogens is 342 g/mol. The van der Waals surface area contributed by atoms with E-state index in [2.05, 4.69) is 18.7 Å². The fourth-order valence-corrected chi connectivity index (χ4v) is 5.10. The van der Waals surface area contributed by atoms with Gasteiger partial charge in [0.1, 0.15) is 4.76 Å². The zero-order chi connectivity index (χ0) is 19.2. The molecule has 3 atom stereocenters. The first-order chi connectivity index (χ1) is 13.0. The Labute approximate surface area is 159 Å². The highest BCUT2D eigenvalue weighted by molar-refractivity contribution is 5.57. The summed E-state index contributed by atoms with van der Waals surface area (Å²) in [6.45, 7) is 3.94. The van der Waals surface area contributed by atoms with Gasteiger partial charge in [-0.25, -0.2) is 0 Å². The van der Waals surface area contributed by atoms with Gasteiger partial charge in [0.2, 0.25) is 6.20 Å². The molecule has 5 nitrogen and oxygen atoms in total. The molecule has 142 valence electrons. The number of hydrogen-bond donors (Lipinski definition) is 0. The first-order valence-electron chi connectivity index (χ1n) is 9.37. The Morgan fingerprint density at radius 1 is 1.19 bits per heavy atom. The van der Waals surface area contributed by atoms with Gasteiger partial charge in [-0.2, -0.15) is 0 Å². The Morgan fingerprint density at radius 3 is 2.63 bits per heavy atom. The van der Waals surface area contributed by atoms with Crippen molar-refractivity contribution in [1.82, 2.24) is 0 Å². The molecule has 0 N–H and O–H groups in total. The Bertz CT molecular complexity index is 858. The summed E-state index contributed by atoms with van der Waals surface area (Å²) in [4.78, 5) is 12.7. The second kappa shape index (κ2) is 6.55. The minimum absolute atomic E-state index is 0.313. The van der Waals surface area contributed by atoms with Gasteiger partial charge >= 0.3 is 5.88 Å². The molecule has 1 saturated carbocycles. The quantitative estimate of drug-likeness (QED) is 0.529. The van der Waals surface area contributed by atoms with Gasteiger partial charge in [0.05, 0.1) is 21.3 Å². The van der Waals surface area contributed by atoms with Crippen molar-refractivity contribution in [2.75, 3.05) is 21.3 Å². The summed E-state index contributed by atoms with van der Waals surface area (Å²) in [7, 11) is 4.84. The van der Waals surface area contributed by atoms with Crippen LogP contribution in [0.3, 0.4) is 0 Å². The van der Waals surface area contributed by atoms with E-state index in [1.165, 1.54) is 11.1 Å². The first kappa shape index (κ1) is 17.8. The molecule has 1 aliphatic heterocycles. The van der Waals surface area contributed by atoms with Crippen molar-refractivity contribution in [2.24, 2.45) is 17.3 Å². The average Bonchev–Trinajstić information content (AvgIpc) is 2.67. The Hall–Kier alpha value is -2.56. The molecule has 1 fully saturated rings. The van der Waals surface area contributed by atoms with Crippen LogP contribution in [0.15, 0.2) is 71.2 Å². The van der Waals surface area contributed by atoms with Gasteiger partial charge in [-0.05, 0) is 60.8 Å². The first-order valence-corrected chi connectivity index (χ1v) is 9.37. The van der Waals surface area contributed by atoms with Crippen LogP contribution in [0.5, 0.6) is 0 Å². The van der Waals surface area contributed by atoms with E-state index >= 15 is 0 Å². The van der Waals surface area contributed by atoms with Crippen molar-refractivity contribution in [3.05, 3.63) is 76.1 Å². The highest BCUT2D eigenvalue weighted by atomic mass is 16.5. The molecule has 0 amide bonds. The fraction of sp³-hybridized carbons (Fsp3) is 0.455. The Morgan fingerprint density at radius 2 is 1.96 bits per heavy atom. The molecule has 5 heteroatoms. The summed E-state index contributed by atoms with van der Waals surface area (Å²) in [6, 6.07) is 0. The van der Waals surface area contributed by atoms with Crippen molar-refractivity contribution in [3.8, 4) is 0 Å². The number of ether oxygens (including phenoxy) is 3. The van der Waals surface area contributed by atoms with Crippen LogP contribution in [0, 0.1) is 22.2 Å². The minimum atomic E-state index is -0.432. The number of allylic oxidation sites excluding steroid dienone is 7. The Balaban J connectivity index is 1.99. The van der Waals surface area contributed by atoms with Crippen LogP contribution in [0.1, 0.15) is 25.7 Å². The fourth-order valence-electron chi connectivity index (χ4n) is 5.10. The summed E-state index contributed by atoms with van der Waals surface area (Å²) in [5.74, 6) is 2.74. The minimum Gasteiger partial charge on any atom is -0.493 e. The van der Waals surface area contributed by atoms with Gasteiger partial charge in [-0.3, -0.25) is 0 Å². The van der Waals surface area contributed by atoms with Gasteiger partial charge in [-0.15, -0.1) is 6.58 Å². The molecule has 0 radical (unpaired) electrons.